The Kier molecular flexibility index (Phi) is 7.45. The molecule has 0 radical (unpaired) electrons. The molecule has 6 heteroatoms. The molecule has 0 bridgehead atoms. The van der Waals surface area contributed by atoms with E-state index in [1.165, 1.54) is 5.56 Å². The Balaban J connectivity index is 1.99. The summed E-state index contributed by atoms with van der Waals surface area (Å²) in [5.74, 6) is 0.432. The van der Waals surface area contributed by atoms with Crippen LogP contribution in [-0.4, -0.2) is 44.6 Å². The molecular weight excluding hydrogens is 350 g/mol. The first-order chi connectivity index (χ1) is 12.4. The lowest BCUT2D eigenvalue weighted by molar-refractivity contribution is -0.117. The number of anilines is 1. The fraction of sp³-hybridized carbons (Fsp3) is 0.350. The summed E-state index contributed by atoms with van der Waals surface area (Å²) < 4.78 is 5.27. The Morgan fingerprint density at radius 3 is 2.50 bits per heavy atom. The number of halogens is 1. The summed E-state index contributed by atoms with van der Waals surface area (Å²) in [4.78, 5) is 14.7. The van der Waals surface area contributed by atoms with Gasteiger partial charge in [-0.05, 0) is 44.8 Å². The second-order valence-electron chi connectivity index (χ2n) is 6.35. The van der Waals surface area contributed by atoms with Gasteiger partial charge in [0.15, 0.2) is 0 Å². The Morgan fingerprint density at radius 2 is 1.88 bits per heavy atom. The van der Waals surface area contributed by atoms with Gasteiger partial charge in [-0.15, -0.1) is 0 Å². The average Bonchev–Trinajstić information content (AvgIpc) is 2.62. The van der Waals surface area contributed by atoms with Crippen molar-refractivity contribution in [1.82, 2.24) is 10.2 Å². The smallest absolute Gasteiger partial charge is 0.241 e. The number of ether oxygens (including phenoxy) is 1. The van der Waals surface area contributed by atoms with Crippen molar-refractivity contribution in [2.75, 3.05) is 33.1 Å². The first-order valence-corrected chi connectivity index (χ1v) is 8.89. The van der Waals surface area contributed by atoms with Crippen LogP contribution in [-0.2, 0) is 4.79 Å². The molecule has 140 valence electrons. The van der Waals surface area contributed by atoms with Crippen LogP contribution in [0.5, 0.6) is 5.75 Å². The summed E-state index contributed by atoms with van der Waals surface area (Å²) in [5.41, 5.74) is 1.76. The molecule has 0 fully saturated rings. The van der Waals surface area contributed by atoms with E-state index in [2.05, 4.69) is 27.7 Å². The van der Waals surface area contributed by atoms with Gasteiger partial charge in [0.2, 0.25) is 5.91 Å². The highest BCUT2D eigenvalue weighted by Crippen LogP contribution is 2.27. The topological polar surface area (TPSA) is 53.6 Å². The number of methoxy groups -OCH3 is 1. The minimum absolute atomic E-state index is 0.142. The van der Waals surface area contributed by atoms with Crippen LogP contribution in [0.3, 0.4) is 0 Å². The van der Waals surface area contributed by atoms with Crippen LogP contribution in [0.1, 0.15) is 18.5 Å². The number of hydrogen-bond donors (Lipinski definition) is 2. The minimum Gasteiger partial charge on any atom is -0.495 e. The van der Waals surface area contributed by atoms with Gasteiger partial charge in [0.25, 0.3) is 0 Å². The highest BCUT2D eigenvalue weighted by atomic mass is 35.5. The zero-order chi connectivity index (χ0) is 19.1. The van der Waals surface area contributed by atoms with E-state index < -0.39 is 0 Å². The second-order valence-corrected chi connectivity index (χ2v) is 6.79. The number of nitrogens with one attached hydrogen (secondary N) is 2. The first-order valence-electron chi connectivity index (χ1n) is 8.51. The molecule has 2 aromatic rings. The van der Waals surface area contributed by atoms with Gasteiger partial charge in [-0.3, -0.25) is 4.79 Å². The summed E-state index contributed by atoms with van der Waals surface area (Å²) >= 11 is 6.01. The summed E-state index contributed by atoms with van der Waals surface area (Å²) in [6, 6.07) is 15.2. The molecule has 5 nitrogen and oxygen atoms in total. The molecule has 2 unspecified atom stereocenters. The monoisotopic (exact) mass is 375 g/mol. The predicted molar refractivity (Wildman–Crippen MR) is 107 cm³/mol. The normalized spacial score (nSPS) is 13.3. The van der Waals surface area contributed by atoms with Gasteiger partial charge in [-0.2, -0.15) is 0 Å². The Bertz CT molecular complexity index is 722. The molecule has 0 heterocycles. The van der Waals surface area contributed by atoms with Crippen LogP contribution in [0, 0.1) is 0 Å². The van der Waals surface area contributed by atoms with Crippen molar-refractivity contribution >= 4 is 23.2 Å². The van der Waals surface area contributed by atoms with Gasteiger partial charge < -0.3 is 20.3 Å². The van der Waals surface area contributed by atoms with Crippen LogP contribution < -0.4 is 15.4 Å². The zero-order valence-electron chi connectivity index (χ0n) is 15.6. The van der Waals surface area contributed by atoms with E-state index in [1.54, 1.807) is 25.3 Å². The lowest BCUT2D eigenvalue weighted by atomic mass is 10.1. The fourth-order valence-electron chi connectivity index (χ4n) is 2.67. The van der Waals surface area contributed by atoms with Crippen molar-refractivity contribution in [2.45, 2.75) is 19.0 Å². The van der Waals surface area contributed by atoms with Crippen molar-refractivity contribution in [1.29, 1.82) is 0 Å². The van der Waals surface area contributed by atoms with Gasteiger partial charge in [0.05, 0.1) is 18.8 Å². The minimum atomic E-state index is -0.371. The zero-order valence-corrected chi connectivity index (χ0v) is 16.4. The van der Waals surface area contributed by atoms with Crippen LogP contribution in [0.25, 0.3) is 0 Å². The maximum atomic E-state index is 12.5. The summed E-state index contributed by atoms with van der Waals surface area (Å²) in [6.45, 7) is 2.49. The number of hydrogen-bond acceptors (Lipinski definition) is 4. The Morgan fingerprint density at radius 1 is 1.19 bits per heavy atom. The number of benzene rings is 2. The number of carbonyl (C=O) groups excluding carboxylic acids is 1. The molecule has 1 amide bonds. The van der Waals surface area contributed by atoms with Crippen molar-refractivity contribution in [3.63, 3.8) is 0 Å². The molecule has 26 heavy (non-hydrogen) atoms. The van der Waals surface area contributed by atoms with E-state index in [-0.39, 0.29) is 18.0 Å². The maximum Gasteiger partial charge on any atom is 0.241 e. The van der Waals surface area contributed by atoms with Crippen LogP contribution in [0.15, 0.2) is 48.5 Å². The lowest BCUT2D eigenvalue weighted by Gasteiger charge is -2.26. The van der Waals surface area contributed by atoms with Crippen LogP contribution >= 0.6 is 11.6 Å². The lowest BCUT2D eigenvalue weighted by Crippen LogP contribution is -2.42. The quantitative estimate of drug-likeness (QED) is 0.740. The maximum absolute atomic E-state index is 12.5. The predicted octanol–water partition coefficient (Wildman–Crippen LogP) is 3.57. The first kappa shape index (κ1) is 20.2. The average molecular weight is 376 g/mol. The highest BCUT2D eigenvalue weighted by Gasteiger charge is 2.19. The third kappa shape index (κ3) is 5.46. The molecule has 0 aliphatic rings. The van der Waals surface area contributed by atoms with Gasteiger partial charge >= 0.3 is 0 Å². The summed E-state index contributed by atoms with van der Waals surface area (Å²) in [7, 11) is 5.62. The van der Waals surface area contributed by atoms with Crippen molar-refractivity contribution < 1.29 is 9.53 Å². The third-order valence-corrected chi connectivity index (χ3v) is 4.47. The number of nitrogens with zero attached hydrogens (tertiary/aromatic N) is 1. The van der Waals surface area contributed by atoms with Gasteiger partial charge in [-0.1, -0.05) is 41.9 Å². The van der Waals surface area contributed by atoms with E-state index in [0.717, 1.165) is 0 Å². The standard InChI is InChI=1S/C20H26ClN3O2/c1-14(20(25)23-17-12-16(21)10-11-19(17)26-4)22-13-18(24(2)3)15-8-6-5-7-9-15/h5-12,14,18,22H,13H2,1-4H3,(H,23,25). The van der Waals surface area contributed by atoms with Crippen molar-refractivity contribution in [2.24, 2.45) is 0 Å². The Labute approximate surface area is 160 Å². The highest BCUT2D eigenvalue weighted by molar-refractivity contribution is 6.31. The summed E-state index contributed by atoms with van der Waals surface area (Å²) in [6.07, 6.45) is 0. The van der Waals surface area contributed by atoms with Crippen molar-refractivity contribution in [3.8, 4) is 5.75 Å². The van der Waals surface area contributed by atoms with E-state index in [9.17, 15) is 4.79 Å². The number of rotatable bonds is 8. The molecule has 0 aromatic heterocycles. The summed E-state index contributed by atoms with van der Waals surface area (Å²) in [5, 5.41) is 6.72. The van der Waals surface area contributed by atoms with Crippen LogP contribution in [0.4, 0.5) is 5.69 Å². The number of carbonyl (C=O) groups is 1. The van der Waals surface area contributed by atoms with E-state index in [4.69, 9.17) is 16.3 Å². The largest absolute Gasteiger partial charge is 0.495 e. The third-order valence-electron chi connectivity index (χ3n) is 4.24. The van der Waals surface area contributed by atoms with E-state index in [1.807, 2.05) is 39.2 Å². The second kappa shape index (κ2) is 9.57. The molecule has 0 aliphatic heterocycles. The van der Waals surface area contributed by atoms with Gasteiger partial charge in [0.1, 0.15) is 5.75 Å². The molecule has 0 saturated heterocycles. The molecular formula is C20H26ClN3O2. The van der Waals surface area contributed by atoms with Gasteiger partial charge in [-0.25, -0.2) is 0 Å². The fourth-order valence-corrected chi connectivity index (χ4v) is 2.85. The van der Waals surface area contributed by atoms with Crippen molar-refractivity contribution in [3.05, 3.63) is 59.1 Å². The Hall–Kier alpha value is -2.08. The van der Waals surface area contributed by atoms with Gasteiger partial charge in [0, 0.05) is 17.6 Å². The van der Waals surface area contributed by atoms with E-state index >= 15 is 0 Å². The van der Waals surface area contributed by atoms with E-state index in [0.29, 0.717) is 23.0 Å². The molecule has 0 spiro atoms. The molecule has 2 N–H and O–H groups in total. The van der Waals surface area contributed by atoms with Crippen LogP contribution in [0.2, 0.25) is 5.02 Å². The number of amides is 1. The number of likely N-dealkylation sites (N-methyl/N-ethyl adjacent to an activating group) is 1. The molecule has 2 rings (SSSR count). The SMILES string of the molecule is COc1ccc(Cl)cc1NC(=O)C(C)NCC(c1ccccc1)N(C)C. The molecule has 2 atom stereocenters. The molecule has 0 saturated carbocycles. The molecule has 2 aromatic carbocycles. The molecule has 0 aliphatic carbocycles.